The van der Waals surface area contributed by atoms with Gasteiger partial charge in [-0.1, -0.05) is 25.7 Å². The first-order chi connectivity index (χ1) is 8.20. The lowest BCUT2D eigenvalue weighted by molar-refractivity contribution is 0.0380. The average molecular weight is 299 g/mol. The third kappa shape index (κ3) is 3.68. The fraction of sp³-hybridized carbons (Fsp3) is 0.615. The van der Waals surface area contributed by atoms with Gasteiger partial charge in [-0.2, -0.15) is 0 Å². The van der Waals surface area contributed by atoms with E-state index >= 15 is 0 Å². The Morgan fingerprint density at radius 1 is 1.29 bits per heavy atom. The highest BCUT2D eigenvalue weighted by Crippen LogP contribution is 2.28. The third-order valence-corrected chi connectivity index (χ3v) is 4.02. The highest BCUT2D eigenvalue weighted by molar-refractivity contribution is 9.10. The van der Waals surface area contributed by atoms with E-state index in [0.717, 1.165) is 36.0 Å². The largest absolute Gasteiger partial charge is 0.388 e. The quantitative estimate of drug-likeness (QED) is 0.841. The molecule has 0 spiro atoms. The number of aliphatic hydroxyl groups is 1. The number of nitrogens with one attached hydrogen (secondary N) is 1. The maximum Gasteiger partial charge on any atom is 0.140 e. The fourth-order valence-corrected chi connectivity index (χ4v) is 2.72. The molecule has 1 aromatic heterocycles. The summed E-state index contributed by atoms with van der Waals surface area (Å²) in [5.74, 6) is 0.810. The van der Waals surface area contributed by atoms with Crippen molar-refractivity contribution in [1.82, 2.24) is 4.98 Å². The molecule has 0 bridgehead atoms. The maximum atomic E-state index is 10.5. The first-order valence-corrected chi connectivity index (χ1v) is 7.06. The molecule has 1 fully saturated rings. The normalized spacial score (nSPS) is 19.6. The summed E-state index contributed by atoms with van der Waals surface area (Å²) in [6, 6.07) is 3.84. The molecule has 0 aromatic carbocycles. The highest BCUT2D eigenvalue weighted by Gasteiger charge is 2.27. The molecule has 17 heavy (non-hydrogen) atoms. The summed E-state index contributed by atoms with van der Waals surface area (Å²) < 4.78 is 0.942. The van der Waals surface area contributed by atoms with Crippen molar-refractivity contribution in [2.75, 3.05) is 11.9 Å². The van der Waals surface area contributed by atoms with Gasteiger partial charge in [0.25, 0.3) is 0 Å². The summed E-state index contributed by atoms with van der Waals surface area (Å²) in [6.07, 6.45) is 8.29. The molecule has 0 atom stereocenters. The van der Waals surface area contributed by atoms with Gasteiger partial charge >= 0.3 is 0 Å². The van der Waals surface area contributed by atoms with Crippen molar-refractivity contribution >= 4 is 21.7 Å². The SMILES string of the molecule is OC1(CNc2ncccc2Br)CCCCCC1. The maximum absolute atomic E-state index is 10.5. The molecule has 3 nitrogen and oxygen atoms in total. The van der Waals surface area contributed by atoms with E-state index in [1.165, 1.54) is 12.8 Å². The van der Waals surface area contributed by atoms with E-state index in [0.29, 0.717) is 6.54 Å². The van der Waals surface area contributed by atoms with Crippen molar-refractivity contribution in [3.8, 4) is 0 Å². The van der Waals surface area contributed by atoms with Crippen LogP contribution in [-0.2, 0) is 0 Å². The molecular weight excluding hydrogens is 280 g/mol. The van der Waals surface area contributed by atoms with Crippen LogP contribution in [0.15, 0.2) is 22.8 Å². The standard InChI is InChI=1S/C13H19BrN2O/c14-11-6-5-9-15-12(11)16-10-13(17)7-3-1-2-4-8-13/h5-6,9,17H,1-4,7-8,10H2,(H,15,16). The third-order valence-electron chi connectivity index (χ3n) is 3.38. The van der Waals surface area contributed by atoms with E-state index in [2.05, 4.69) is 26.2 Å². The Balaban J connectivity index is 1.94. The molecule has 1 saturated carbocycles. The van der Waals surface area contributed by atoms with Gasteiger partial charge in [-0.3, -0.25) is 0 Å². The minimum Gasteiger partial charge on any atom is -0.388 e. The Labute approximate surface area is 111 Å². The van der Waals surface area contributed by atoms with Crippen molar-refractivity contribution in [1.29, 1.82) is 0 Å². The molecule has 0 radical (unpaired) electrons. The summed E-state index contributed by atoms with van der Waals surface area (Å²) in [7, 11) is 0. The van der Waals surface area contributed by atoms with Crippen molar-refractivity contribution in [2.24, 2.45) is 0 Å². The summed E-state index contributed by atoms with van der Waals surface area (Å²) >= 11 is 3.45. The number of aromatic nitrogens is 1. The van der Waals surface area contributed by atoms with Gasteiger partial charge in [0.05, 0.1) is 10.1 Å². The van der Waals surface area contributed by atoms with Crippen LogP contribution >= 0.6 is 15.9 Å². The minimum absolute atomic E-state index is 0.562. The van der Waals surface area contributed by atoms with Crippen LogP contribution in [0.1, 0.15) is 38.5 Å². The lowest BCUT2D eigenvalue weighted by Gasteiger charge is -2.27. The van der Waals surface area contributed by atoms with E-state index in [9.17, 15) is 5.11 Å². The Morgan fingerprint density at radius 3 is 2.65 bits per heavy atom. The number of halogens is 1. The second kappa shape index (κ2) is 5.83. The zero-order valence-corrected chi connectivity index (χ0v) is 11.5. The van der Waals surface area contributed by atoms with Gasteiger partial charge in [0.15, 0.2) is 0 Å². The highest BCUT2D eigenvalue weighted by atomic mass is 79.9. The molecular formula is C13H19BrN2O. The molecule has 2 N–H and O–H groups in total. The van der Waals surface area contributed by atoms with Crippen LogP contribution in [0.2, 0.25) is 0 Å². The first kappa shape index (κ1) is 12.8. The zero-order valence-electron chi connectivity index (χ0n) is 9.95. The van der Waals surface area contributed by atoms with Crippen LogP contribution in [0.4, 0.5) is 5.82 Å². The van der Waals surface area contributed by atoms with Gasteiger partial charge in [-0.05, 0) is 40.9 Å². The van der Waals surface area contributed by atoms with Gasteiger partial charge in [0.1, 0.15) is 5.82 Å². The molecule has 0 aliphatic heterocycles. The second-order valence-electron chi connectivity index (χ2n) is 4.83. The van der Waals surface area contributed by atoms with E-state index in [1.54, 1.807) is 6.20 Å². The van der Waals surface area contributed by atoms with Crippen LogP contribution < -0.4 is 5.32 Å². The summed E-state index contributed by atoms with van der Waals surface area (Å²) in [5.41, 5.74) is -0.562. The molecule has 1 aliphatic carbocycles. The molecule has 2 rings (SSSR count). The number of nitrogens with zero attached hydrogens (tertiary/aromatic N) is 1. The number of pyridine rings is 1. The molecule has 1 aromatic rings. The fourth-order valence-electron chi connectivity index (χ4n) is 2.33. The minimum atomic E-state index is -0.562. The predicted molar refractivity (Wildman–Crippen MR) is 73.1 cm³/mol. The second-order valence-corrected chi connectivity index (χ2v) is 5.68. The van der Waals surface area contributed by atoms with Crippen LogP contribution in [0, 0.1) is 0 Å². The van der Waals surface area contributed by atoms with E-state index in [1.807, 2.05) is 12.1 Å². The topological polar surface area (TPSA) is 45.1 Å². The van der Waals surface area contributed by atoms with Crippen molar-refractivity contribution in [3.63, 3.8) is 0 Å². The number of hydrogen-bond donors (Lipinski definition) is 2. The van der Waals surface area contributed by atoms with Gasteiger partial charge in [-0.25, -0.2) is 4.98 Å². The Bertz CT molecular complexity index is 362. The summed E-state index contributed by atoms with van der Waals surface area (Å²) in [4.78, 5) is 4.25. The van der Waals surface area contributed by atoms with Crippen LogP contribution in [-0.4, -0.2) is 22.2 Å². The van der Waals surface area contributed by atoms with E-state index in [4.69, 9.17) is 0 Å². The van der Waals surface area contributed by atoms with Gasteiger partial charge in [0.2, 0.25) is 0 Å². The van der Waals surface area contributed by atoms with Crippen LogP contribution in [0.3, 0.4) is 0 Å². The molecule has 0 amide bonds. The van der Waals surface area contributed by atoms with Crippen LogP contribution in [0.5, 0.6) is 0 Å². The smallest absolute Gasteiger partial charge is 0.140 e. The molecule has 1 heterocycles. The zero-order chi connectivity index (χ0) is 12.1. The number of rotatable bonds is 3. The van der Waals surface area contributed by atoms with Crippen molar-refractivity contribution in [3.05, 3.63) is 22.8 Å². The van der Waals surface area contributed by atoms with Gasteiger partial charge in [0, 0.05) is 12.7 Å². The van der Waals surface area contributed by atoms with E-state index < -0.39 is 5.60 Å². The molecule has 0 saturated heterocycles. The Hall–Kier alpha value is -0.610. The van der Waals surface area contributed by atoms with Crippen molar-refractivity contribution in [2.45, 2.75) is 44.1 Å². The molecule has 94 valence electrons. The Morgan fingerprint density at radius 2 is 2.00 bits per heavy atom. The van der Waals surface area contributed by atoms with Crippen molar-refractivity contribution < 1.29 is 5.11 Å². The molecule has 0 unspecified atom stereocenters. The summed E-state index contributed by atoms with van der Waals surface area (Å²) in [5, 5.41) is 13.7. The molecule has 4 heteroatoms. The predicted octanol–water partition coefficient (Wildman–Crippen LogP) is 3.34. The average Bonchev–Trinajstić information content (AvgIpc) is 2.54. The molecule has 1 aliphatic rings. The summed E-state index contributed by atoms with van der Waals surface area (Å²) in [6.45, 7) is 0.586. The lowest BCUT2D eigenvalue weighted by atomic mass is 9.94. The van der Waals surface area contributed by atoms with E-state index in [-0.39, 0.29) is 0 Å². The number of anilines is 1. The monoisotopic (exact) mass is 298 g/mol. The van der Waals surface area contributed by atoms with Crippen LogP contribution in [0.25, 0.3) is 0 Å². The van der Waals surface area contributed by atoms with Gasteiger partial charge in [-0.15, -0.1) is 0 Å². The lowest BCUT2D eigenvalue weighted by Crippen LogP contribution is -2.36. The van der Waals surface area contributed by atoms with Gasteiger partial charge < -0.3 is 10.4 Å². The number of hydrogen-bond acceptors (Lipinski definition) is 3. The first-order valence-electron chi connectivity index (χ1n) is 6.26. The Kier molecular flexibility index (Phi) is 4.40.